The van der Waals surface area contributed by atoms with Crippen molar-refractivity contribution in [3.63, 3.8) is 0 Å². The van der Waals surface area contributed by atoms with Crippen LogP contribution in [0.5, 0.6) is 23.0 Å². The summed E-state index contributed by atoms with van der Waals surface area (Å²) in [5.74, 6) is 3.80. The summed E-state index contributed by atoms with van der Waals surface area (Å²) in [6.45, 7) is 0. The molecule has 5 aliphatic rings. The molecule has 3 nitrogen and oxygen atoms in total. The molecule has 10 aromatic carbocycles. The van der Waals surface area contributed by atoms with Crippen molar-refractivity contribution < 1.29 is 9.47 Å². The van der Waals surface area contributed by atoms with E-state index in [-0.39, 0.29) is 5.92 Å². The summed E-state index contributed by atoms with van der Waals surface area (Å²) in [5.41, 5.74) is 17.9. The predicted octanol–water partition coefficient (Wildman–Crippen LogP) is 16.1. The van der Waals surface area contributed by atoms with Crippen molar-refractivity contribution in [3.8, 4) is 45.3 Å². The van der Waals surface area contributed by atoms with E-state index >= 15 is 0 Å². The van der Waals surface area contributed by atoms with E-state index in [1.54, 1.807) is 0 Å². The fourth-order valence-electron chi connectivity index (χ4n) is 13.6. The maximum absolute atomic E-state index is 6.77. The Labute approximate surface area is 421 Å². The lowest BCUT2D eigenvalue weighted by Gasteiger charge is -2.40. The number of anilines is 3. The Hall–Kier alpha value is -8.70. The van der Waals surface area contributed by atoms with Gasteiger partial charge in [0, 0.05) is 54.2 Å². The molecule has 0 N–H and O–H groups in total. The van der Waals surface area contributed by atoms with Gasteiger partial charge in [-0.05, 0) is 111 Å². The average molecular weight is 938 g/mol. The summed E-state index contributed by atoms with van der Waals surface area (Å²) in [6, 6.07) is 85.1. The quantitative estimate of drug-likeness (QED) is 0.175. The first-order valence-corrected chi connectivity index (χ1v) is 25.8. The zero-order chi connectivity index (χ0) is 47.1. The monoisotopic (exact) mass is 937 g/mol. The molecule has 2 aliphatic heterocycles. The number of thiophene rings is 1. The van der Waals surface area contributed by atoms with Crippen molar-refractivity contribution in [1.82, 2.24) is 0 Å². The molecular weight excluding hydrogens is 895 g/mol. The van der Waals surface area contributed by atoms with Crippen LogP contribution in [0.2, 0.25) is 0 Å². The van der Waals surface area contributed by atoms with Crippen LogP contribution in [-0.4, -0.2) is 0 Å². The molecule has 0 bridgehead atoms. The summed E-state index contributed by atoms with van der Waals surface area (Å²) in [5, 5.41) is 2.71. The minimum atomic E-state index is -0.619. The van der Waals surface area contributed by atoms with Gasteiger partial charge in [0.1, 0.15) is 23.0 Å². The molecule has 2 spiro atoms. The lowest BCUT2D eigenvalue weighted by molar-refractivity contribution is 0.436. The van der Waals surface area contributed by atoms with Crippen LogP contribution >= 0.6 is 11.3 Å². The summed E-state index contributed by atoms with van der Waals surface area (Å²) in [4.78, 5) is 2.57. The van der Waals surface area contributed by atoms with Gasteiger partial charge in [-0.25, -0.2) is 0 Å². The SMILES string of the molecule is C1=c2sc3ccccc3c2=CC(c2ccc(N(c3cccc4c3-c3ccccc3C43c4ccccc4Oc4ccccc43)c3cccc4c3-c3ccccc3C43c4ccccc4Oc4ccccc43)cc2)C1. The van der Waals surface area contributed by atoms with Crippen molar-refractivity contribution >= 4 is 50.6 Å². The van der Waals surface area contributed by atoms with Gasteiger partial charge in [-0.1, -0.05) is 188 Å². The lowest BCUT2D eigenvalue weighted by atomic mass is 9.66. The van der Waals surface area contributed by atoms with Crippen LogP contribution in [0.1, 0.15) is 62.4 Å². The Morgan fingerprint density at radius 1 is 0.403 bits per heavy atom. The van der Waals surface area contributed by atoms with Crippen LogP contribution in [0.3, 0.4) is 0 Å². The van der Waals surface area contributed by atoms with Crippen molar-refractivity contribution in [2.45, 2.75) is 23.2 Å². The summed E-state index contributed by atoms with van der Waals surface area (Å²) in [6.07, 6.45) is 5.93. The smallest absolute Gasteiger partial charge is 0.132 e. The highest BCUT2D eigenvalue weighted by Gasteiger charge is 2.54. The van der Waals surface area contributed by atoms with Gasteiger partial charge in [0.05, 0.1) is 22.2 Å². The zero-order valence-electron chi connectivity index (χ0n) is 39.1. The predicted molar refractivity (Wildman–Crippen MR) is 293 cm³/mol. The molecular formula is C68H43NO2S. The molecule has 3 aliphatic carbocycles. The number of hydrogen-bond acceptors (Lipinski definition) is 4. The van der Waals surface area contributed by atoms with Crippen molar-refractivity contribution in [2.24, 2.45) is 0 Å². The number of fused-ring (bicyclic) bond motifs is 21. The standard InChI is InChI=1S/C68H43NO2S/c1-4-20-49-46(18-1)65-55(67(49)51-22-6-10-30-59(51)70-60-31-11-7-23-52(60)67)26-15-28-57(65)69(44-38-35-42(36-39-44)43-37-40-64-48(41-43)45-17-3-14-34-63(45)72-64)58-29-16-27-56-66(58)47-19-2-5-21-50(47)68(56)53-24-8-12-32-61(53)71-62-33-13-9-25-54(62)68/h1-36,38-41,43H,37H2. The highest BCUT2D eigenvalue weighted by molar-refractivity contribution is 7.17. The van der Waals surface area contributed by atoms with Gasteiger partial charge in [0.15, 0.2) is 0 Å². The lowest BCUT2D eigenvalue weighted by Crippen LogP contribution is -2.32. The maximum atomic E-state index is 6.77. The second-order valence-electron chi connectivity index (χ2n) is 19.7. The molecule has 338 valence electrons. The Bertz CT molecular complexity index is 3950. The van der Waals surface area contributed by atoms with Crippen molar-refractivity contribution in [3.05, 3.63) is 290 Å². The third-order valence-corrected chi connectivity index (χ3v) is 17.5. The van der Waals surface area contributed by atoms with Gasteiger partial charge in [-0.3, -0.25) is 0 Å². The van der Waals surface area contributed by atoms with Gasteiger partial charge in [-0.15, -0.1) is 11.3 Å². The van der Waals surface area contributed by atoms with Gasteiger partial charge in [0.25, 0.3) is 0 Å². The van der Waals surface area contributed by atoms with E-state index in [9.17, 15) is 0 Å². The van der Waals surface area contributed by atoms with E-state index in [0.29, 0.717) is 0 Å². The number of ether oxygens (including phenoxy) is 2. The first-order chi connectivity index (χ1) is 35.7. The molecule has 16 rings (SSSR count). The summed E-state index contributed by atoms with van der Waals surface area (Å²) >= 11 is 1.90. The number of hydrogen-bond donors (Lipinski definition) is 0. The molecule has 0 fully saturated rings. The molecule has 4 heteroatoms. The molecule has 3 heterocycles. The second-order valence-corrected chi connectivity index (χ2v) is 20.8. The van der Waals surface area contributed by atoms with Crippen molar-refractivity contribution in [1.29, 1.82) is 0 Å². The molecule has 1 aromatic heterocycles. The third-order valence-electron chi connectivity index (χ3n) is 16.3. The molecule has 72 heavy (non-hydrogen) atoms. The zero-order valence-corrected chi connectivity index (χ0v) is 39.9. The second kappa shape index (κ2) is 14.9. The number of para-hydroxylation sites is 4. The van der Waals surface area contributed by atoms with E-state index in [4.69, 9.17) is 9.47 Å². The highest BCUT2D eigenvalue weighted by atomic mass is 32.1. The van der Waals surface area contributed by atoms with Crippen LogP contribution in [0.4, 0.5) is 17.1 Å². The van der Waals surface area contributed by atoms with Gasteiger partial charge >= 0.3 is 0 Å². The fraction of sp³-hybridized carbons (Fsp3) is 0.0588. The maximum Gasteiger partial charge on any atom is 0.132 e. The number of nitrogens with zero attached hydrogens (tertiary/aromatic N) is 1. The molecule has 0 saturated carbocycles. The Kier molecular flexibility index (Phi) is 8.30. The van der Waals surface area contributed by atoms with E-state index in [0.717, 1.165) is 68.7 Å². The first kappa shape index (κ1) is 40.1. The van der Waals surface area contributed by atoms with E-state index in [2.05, 4.69) is 248 Å². The molecule has 0 radical (unpaired) electrons. The largest absolute Gasteiger partial charge is 0.457 e. The highest BCUT2D eigenvalue weighted by Crippen LogP contribution is 2.67. The molecule has 0 amide bonds. The minimum Gasteiger partial charge on any atom is -0.457 e. The molecule has 1 atom stereocenters. The van der Waals surface area contributed by atoms with E-state index in [1.165, 1.54) is 69.9 Å². The van der Waals surface area contributed by atoms with Crippen LogP contribution in [0.25, 0.3) is 44.5 Å². The minimum absolute atomic E-state index is 0.265. The summed E-state index contributed by atoms with van der Waals surface area (Å²) < 4.78 is 16.3. The van der Waals surface area contributed by atoms with Gasteiger partial charge < -0.3 is 14.4 Å². The van der Waals surface area contributed by atoms with Crippen LogP contribution in [0, 0.1) is 0 Å². The molecule has 1 unspecified atom stereocenters. The van der Waals surface area contributed by atoms with Crippen LogP contribution < -0.4 is 24.1 Å². The van der Waals surface area contributed by atoms with E-state index in [1.807, 2.05) is 11.3 Å². The third kappa shape index (κ3) is 5.19. The number of rotatable bonds is 4. The topological polar surface area (TPSA) is 21.7 Å². The fourth-order valence-corrected chi connectivity index (χ4v) is 14.7. The van der Waals surface area contributed by atoms with Gasteiger partial charge in [0.2, 0.25) is 0 Å². The Morgan fingerprint density at radius 2 is 0.833 bits per heavy atom. The Morgan fingerprint density at radius 3 is 1.35 bits per heavy atom. The average Bonchev–Trinajstić information content (AvgIpc) is 4.08. The molecule has 11 aromatic rings. The summed E-state index contributed by atoms with van der Waals surface area (Å²) in [7, 11) is 0. The molecule has 0 saturated heterocycles. The Balaban J connectivity index is 0.975. The number of benzene rings is 10. The van der Waals surface area contributed by atoms with Gasteiger partial charge in [-0.2, -0.15) is 0 Å². The normalized spacial score (nSPS) is 16.0. The van der Waals surface area contributed by atoms with Crippen LogP contribution in [0.15, 0.2) is 231 Å². The first-order valence-electron chi connectivity index (χ1n) is 25.0. The van der Waals surface area contributed by atoms with Crippen LogP contribution in [-0.2, 0) is 10.8 Å². The van der Waals surface area contributed by atoms with Crippen molar-refractivity contribution in [2.75, 3.05) is 4.90 Å². The van der Waals surface area contributed by atoms with E-state index < -0.39 is 10.8 Å².